The molecule has 0 bridgehead atoms. The molecule has 28 heavy (non-hydrogen) atoms. The molecule has 0 radical (unpaired) electrons. The van der Waals surface area contributed by atoms with Crippen LogP contribution in [0.3, 0.4) is 0 Å². The van der Waals surface area contributed by atoms with Crippen LogP contribution < -0.4 is 5.32 Å². The number of benzene rings is 2. The third kappa shape index (κ3) is 4.03. The maximum Gasteiger partial charge on any atom is 0.325 e. The molecule has 0 aromatic heterocycles. The van der Waals surface area contributed by atoms with E-state index >= 15 is 0 Å². The van der Waals surface area contributed by atoms with Crippen LogP contribution in [0.25, 0.3) is 0 Å². The third-order valence-corrected chi connectivity index (χ3v) is 5.65. The number of hydrogen-bond donors (Lipinski definition) is 1. The van der Waals surface area contributed by atoms with Crippen molar-refractivity contribution in [2.75, 3.05) is 6.54 Å². The Balaban J connectivity index is 1.93. The van der Waals surface area contributed by atoms with Crippen LogP contribution >= 0.6 is 23.2 Å². The Morgan fingerprint density at radius 3 is 1.82 bits per heavy atom. The van der Waals surface area contributed by atoms with Crippen molar-refractivity contribution in [2.45, 2.75) is 44.6 Å². The number of nitrogens with zero attached hydrogens (tertiary/aromatic N) is 1. The molecule has 0 atom stereocenters. The fourth-order valence-corrected chi connectivity index (χ4v) is 3.86. The molecular weight excluding hydrogens is 395 g/mol. The van der Waals surface area contributed by atoms with Gasteiger partial charge in [0.1, 0.15) is 0 Å². The van der Waals surface area contributed by atoms with Gasteiger partial charge in [0.15, 0.2) is 5.54 Å². The summed E-state index contributed by atoms with van der Waals surface area (Å²) in [4.78, 5) is 27.6. The minimum absolute atomic E-state index is 0.266. The molecule has 0 unspecified atom stereocenters. The van der Waals surface area contributed by atoms with Crippen molar-refractivity contribution >= 4 is 35.1 Å². The van der Waals surface area contributed by atoms with E-state index in [0.717, 1.165) is 25.7 Å². The average Bonchev–Trinajstić information content (AvgIpc) is 2.94. The molecule has 1 aliphatic rings. The molecule has 0 aliphatic carbocycles. The van der Waals surface area contributed by atoms with Crippen LogP contribution in [0.5, 0.6) is 0 Å². The maximum atomic E-state index is 13.5. The van der Waals surface area contributed by atoms with Gasteiger partial charge in [0.25, 0.3) is 5.91 Å². The standard InChI is InChI=1S/C22H24Cl2N2O2/c1-2-3-4-5-6-15-26-20(27)22(25-21(26)28,16-7-11-18(23)12-8-16)17-9-13-19(24)14-10-17/h7-14H,2-6,15H2,1H3,(H,25,28). The summed E-state index contributed by atoms with van der Waals surface area (Å²) in [6.07, 6.45) is 5.23. The van der Waals surface area contributed by atoms with Gasteiger partial charge in [-0.1, -0.05) is 80.1 Å². The molecular formula is C22H24Cl2N2O2. The highest BCUT2D eigenvalue weighted by molar-refractivity contribution is 6.31. The van der Waals surface area contributed by atoms with Crippen molar-refractivity contribution in [1.82, 2.24) is 10.2 Å². The van der Waals surface area contributed by atoms with E-state index in [9.17, 15) is 9.59 Å². The van der Waals surface area contributed by atoms with E-state index in [4.69, 9.17) is 23.2 Å². The summed E-state index contributed by atoms with van der Waals surface area (Å²) in [5, 5.41) is 4.08. The number of urea groups is 1. The van der Waals surface area contributed by atoms with Gasteiger partial charge in [-0.3, -0.25) is 9.69 Å². The first-order chi connectivity index (χ1) is 13.5. The Labute approximate surface area is 175 Å². The van der Waals surface area contributed by atoms with E-state index in [-0.39, 0.29) is 11.9 Å². The van der Waals surface area contributed by atoms with E-state index < -0.39 is 5.54 Å². The Kier molecular flexibility index (Phi) is 6.63. The zero-order valence-corrected chi connectivity index (χ0v) is 17.4. The average molecular weight is 419 g/mol. The van der Waals surface area contributed by atoms with E-state index in [1.807, 2.05) is 0 Å². The van der Waals surface area contributed by atoms with Crippen LogP contribution in [-0.2, 0) is 10.3 Å². The van der Waals surface area contributed by atoms with Gasteiger partial charge in [-0.15, -0.1) is 0 Å². The van der Waals surface area contributed by atoms with E-state index in [1.165, 1.54) is 11.3 Å². The molecule has 4 nitrogen and oxygen atoms in total. The lowest BCUT2D eigenvalue weighted by molar-refractivity contribution is -0.130. The summed E-state index contributed by atoms with van der Waals surface area (Å²) in [5.74, 6) is -0.266. The number of hydrogen-bond acceptors (Lipinski definition) is 2. The number of imide groups is 1. The minimum atomic E-state index is -1.27. The van der Waals surface area contributed by atoms with Gasteiger partial charge >= 0.3 is 6.03 Å². The van der Waals surface area contributed by atoms with Crippen LogP contribution in [0.15, 0.2) is 48.5 Å². The topological polar surface area (TPSA) is 49.4 Å². The molecule has 2 aromatic rings. The molecule has 6 heteroatoms. The number of carbonyl (C=O) groups is 2. The number of halogens is 2. The first kappa shape index (κ1) is 20.7. The zero-order chi connectivity index (χ0) is 20.1. The summed E-state index contributed by atoms with van der Waals surface area (Å²) in [7, 11) is 0. The van der Waals surface area contributed by atoms with Crippen molar-refractivity contribution in [1.29, 1.82) is 0 Å². The van der Waals surface area contributed by atoms with Crippen molar-refractivity contribution in [2.24, 2.45) is 0 Å². The molecule has 1 heterocycles. The Morgan fingerprint density at radius 2 is 1.32 bits per heavy atom. The second-order valence-electron chi connectivity index (χ2n) is 7.06. The van der Waals surface area contributed by atoms with E-state index in [2.05, 4.69) is 12.2 Å². The molecule has 3 amide bonds. The quantitative estimate of drug-likeness (QED) is 0.437. The fraction of sp³-hybridized carbons (Fsp3) is 0.364. The number of unbranched alkanes of at least 4 members (excludes halogenated alkanes) is 4. The lowest BCUT2D eigenvalue weighted by Gasteiger charge is -2.28. The van der Waals surface area contributed by atoms with Gasteiger partial charge in [0, 0.05) is 16.6 Å². The minimum Gasteiger partial charge on any atom is -0.315 e. The Morgan fingerprint density at radius 1 is 0.821 bits per heavy atom. The number of rotatable bonds is 8. The predicted octanol–water partition coefficient (Wildman–Crippen LogP) is 5.76. The van der Waals surface area contributed by atoms with Crippen molar-refractivity contribution in [3.05, 3.63) is 69.7 Å². The molecule has 1 aliphatic heterocycles. The highest BCUT2D eigenvalue weighted by Gasteiger charge is 2.53. The second kappa shape index (κ2) is 8.97. The SMILES string of the molecule is CCCCCCCN1C(=O)NC(c2ccc(Cl)cc2)(c2ccc(Cl)cc2)C1=O. The molecule has 1 N–H and O–H groups in total. The van der Waals surface area contributed by atoms with Crippen LogP contribution in [0.1, 0.15) is 50.2 Å². The van der Waals surface area contributed by atoms with Gasteiger partial charge in [0.05, 0.1) is 0 Å². The highest BCUT2D eigenvalue weighted by atomic mass is 35.5. The van der Waals surface area contributed by atoms with Crippen LogP contribution in [0, 0.1) is 0 Å². The first-order valence-corrected chi connectivity index (χ1v) is 10.4. The third-order valence-electron chi connectivity index (χ3n) is 5.15. The Hall–Kier alpha value is -2.04. The van der Waals surface area contributed by atoms with Crippen molar-refractivity contribution in [3.8, 4) is 0 Å². The summed E-state index contributed by atoms with van der Waals surface area (Å²) in [6, 6.07) is 13.6. The molecule has 0 spiro atoms. The fourth-order valence-electron chi connectivity index (χ4n) is 3.61. The second-order valence-corrected chi connectivity index (χ2v) is 7.94. The molecule has 2 aromatic carbocycles. The van der Waals surface area contributed by atoms with E-state index in [1.54, 1.807) is 48.5 Å². The van der Waals surface area contributed by atoms with Crippen molar-refractivity contribution < 1.29 is 9.59 Å². The molecule has 148 valence electrons. The van der Waals surface area contributed by atoms with Gasteiger partial charge in [0.2, 0.25) is 0 Å². The maximum absolute atomic E-state index is 13.5. The van der Waals surface area contributed by atoms with Crippen LogP contribution in [-0.4, -0.2) is 23.4 Å². The lowest BCUT2D eigenvalue weighted by Crippen LogP contribution is -2.45. The lowest BCUT2D eigenvalue weighted by atomic mass is 9.82. The summed E-state index contributed by atoms with van der Waals surface area (Å²) < 4.78 is 0. The van der Waals surface area contributed by atoms with Crippen molar-refractivity contribution in [3.63, 3.8) is 0 Å². The predicted molar refractivity (Wildman–Crippen MR) is 113 cm³/mol. The monoisotopic (exact) mass is 418 g/mol. The highest BCUT2D eigenvalue weighted by Crippen LogP contribution is 2.37. The number of carbonyl (C=O) groups excluding carboxylic acids is 2. The zero-order valence-electron chi connectivity index (χ0n) is 15.9. The van der Waals surface area contributed by atoms with E-state index in [0.29, 0.717) is 27.7 Å². The molecule has 1 saturated heterocycles. The summed E-state index contributed by atoms with van der Waals surface area (Å²) >= 11 is 12.1. The summed E-state index contributed by atoms with van der Waals surface area (Å²) in [5.41, 5.74) is 0.0764. The molecule has 0 saturated carbocycles. The molecule has 1 fully saturated rings. The largest absolute Gasteiger partial charge is 0.325 e. The number of nitrogens with one attached hydrogen (secondary N) is 1. The van der Waals surface area contributed by atoms with Crippen LogP contribution in [0.2, 0.25) is 10.0 Å². The van der Waals surface area contributed by atoms with Crippen LogP contribution in [0.4, 0.5) is 4.79 Å². The molecule has 3 rings (SSSR count). The Bertz CT molecular complexity index is 789. The first-order valence-electron chi connectivity index (χ1n) is 9.65. The summed E-state index contributed by atoms with van der Waals surface area (Å²) in [6.45, 7) is 2.57. The van der Waals surface area contributed by atoms with Gasteiger partial charge in [-0.2, -0.15) is 0 Å². The van der Waals surface area contributed by atoms with Gasteiger partial charge in [-0.05, 0) is 41.8 Å². The normalized spacial score (nSPS) is 15.8. The van der Waals surface area contributed by atoms with Gasteiger partial charge in [-0.25, -0.2) is 4.79 Å². The van der Waals surface area contributed by atoms with Gasteiger partial charge < -0.3 is 5.32 Å². The smallest absolute Gasteiger partial charge is 0.315 e. The number of amides is 3.